The fourth-order valence-electron chi connectivity index (χ4n) is 1.60. The summed E-state index contributed by atoms with van der Waals surface area (Å²) in [5.41, 5.74) is 9.82. The molecule has 0 aliphatic heterocycles. The van der Waals surface area contributed by atoms with Crippen molar-refractivity contribution in [2.45, 2.75) is 6.92 Å². The number of benzene rings is 1. The van der Waals surface area contributed by atoms with Crippen LogP contribution in [0.2, 0.25) is 0 Å². The Kier molecular flexibility index (Phi) is 2.57. The van der Waals surface area contributed by atoms with Gasteiger partial charge in [0.2, 0.25) is 0 Å². The molecule has 0 aliphatic rings. The molecule has 0 aliphatic carbocycles. The molecule has 2 N–H and O–H groups in total. The molecule has 3 nitrogen and oxygen atoms in total. The van der Waals surface area contributed by atoms with Crippen LogP contribution in [0.15, 0.2) is 36.5 Å². The number of hydrogen-bond donors (Lipinski definition) is 1. The Morgan fingerprint density at radius 2 is 2.12 bits per heavy atom. The van der Waals surface area contributed by atoms with Crippen LogP contribution in [-0.2, 0) is 0 Å². The number of pyridine rings is 1. The van der Waals surface area contributed by atoms with Gasteiger partial charge in [0.25, 0.3) is 0 Å². The van der Waals surface area contributed by atoms with E-state index in [2.05, 4.69) is 11.1 Å². The monoisotopic (exact) mass is 209 g/mol. The lowest BCUT2D eigenvalue weighted by atomic mass is 10.0. The predicted molar refractivity (Wildman–Crippen MR) is 63.5 cm³/mol. The lowest BCUT2D eigenvalue weighted by Gasteiger charge is -2.07. The summed E-state index contributed by atoms with van der Waals surface area (Å²) in [7, 11) is 0. The maximum absolute atomic E-state index is 8.86. The van der Waals surface area contributed by atoms with Gasteiger partial charge in [0.1, 0.15) is 0 Å². The van der Waals surface area contributed by atoms with E-state index < -0.39 is 0 Å². The molecule has 1 aromatic carbocycles. The highest BCUT2D eigenvalue weighted by molar-refractivity contribution is 5.76. The molecule has 0 saturated carbocycles. The molecular weight excluding hydrogens is 198 g/mol. The van der Waals surface area contributed by atoms with Gasteiger partial charge in [-0.15, -0.1) is 0 Å². The second-order valence-corrected chi connectivity index (χ2v) is 3.58. The van der Waals surface area contributed by atoms with Crippen LogP contribution in [0, 0.1) is 18.3 Å². The molecule has 2 rings (SSSR count). The molecule has 1 heterocycles. The lowest BCUT2D eigenvalue weighted by molar-refractivity contribution is 1.27. The molecule has 0 fully saturated rings. The lowest BCUT2D eigenvalue weighted by Crippen LogP contribution is -1.94. The molecule has 3 heteroatoms. The molecule has 0 atom stereocenters. The number of rotatable bonds is 1. The number of nitriles is 1. The summed E-state index contributed by atoms with van der Waals surface area (Å²) in [6, 6.07) is 11.2. The normalized spacial score (nSPS) is 9.75. The van der Waals surface area contributed by atoms with Crippen molar-refractivity contribution in [3.05, 3.63) is 47.7 Å². The van der Waals surface area contributed by atoms with Crippen molar-refractivity contribution < 1.29 is 0 Å². The molecule has 0 unspecified atom stereocenters. The fourth-order valence-corrected chi connectivity index (χ4v) is 1.60. The second-order valence-electron chi connectivity index (χ2n) is 3.58. The van der Waals surface area contributed by atoms with Crippen LogP contribution in [0.3, 0.4) is 0 Å². The summed E-state index contributed by atoms with van der Waals surface area (Å²) in [6.45, 7) is 1.97. The first-order valence-corrected chi connectivity index (χ1v) is 4.94. The van der Waals surface area contributed by atoms with Crippen molar-refractivity contribution in [2.75, 3.05) is 5.73 Å². The summed E-state index contributed by atoms with van der Waals surface area (Å²) in [4.78, 5) is 4.30. The Bertz CT molecular complexity index is 568. The topological polar surface area (TPSA) is 62.7 Å². The van der Waals surface area contributed by atoms with Crippen LogP contribution in [-0.4, -0.2) is 4.98 Å². The maximum atomic E-state index is 8.86. The van der Waals surface area contributed by atoms with Crippen LogP contribution in [0.25, 0.3) is 11.3 Å². The van der Waals surface area contributed by atoms with E-state index in [1.54, 1.807) is 24.4 Å². The molecule has 2 aromatic rings. The van der Waals surface area contributed by atoms with Gasteiger partial charge >= 0.3 is 0 Å². The van der Waals surface area contributed by atoms with Gasteiger partial charge in [-0.25, -0.2) is 0 Å². The minimum absolute atomic E-state index is 0.592. The second kappa shape index (κ2) is 4.03. The number of nitrogens with two attached hydrogens (primary N) is 1. The molecule has 0 radical (unpaired) electrons. The molecular formula is C13H11N3. The first-order valence-electron chi connectivity index (χ1n) is 4.94. The zero-order chi connectivity index (χ0) is 11.5. The fraction of sp³-hybridized carbons (Fsp3) is 0.0769. The standard InChI is InChI=1S/C13H11N3/c1-9-3-2-6-16-13(9)11-7-10(8-14)4-5-12(11)15/h2-7H,15H2,1H3. The zero-order valence-electron chi connectivity index (χ0n) is 8.94. The third-order valence-electron chi connectivity index (χ3n) is 2.45. The summed E-state index contributed by atoms with van der Waals surface area (Å²) >= 11 is 0. The number of nitrogen functional groups attached to an aromatic ring is 1. The van der Waals surface area contributed by atoms with Gasteiger partial charge in [0, 0.05) is 17.4 Å². The van der Waals surface area contributed by atoms with Gasteiger partial charge in [-0.05, 0) is 36.8 Å². The van der Waals surface area contributed by atoms with Gasteiger partial charge in [0.05, 0.1) is 17.3 Å². The summed E-state index contributed by atoms with van der Waals surface area (Å²) in [6.07, 6.45) is 1.72. The first-order chi connectivity index (χ1) is 7.72. The minimum atomic E-state index is 0.592. The van der Waals surface area contributed by atoms with Crippen LogP contribution in [0.1, 0.15) is 11.1 Å². The van der Waals surface area contributed by atoms with Gasteiger partial charge in [-0.3, -0.25) is 4.98 Å². The molecule has 16 heavy (non-hydrogen) atoms. The molecule has 1 aromatic heterocycles. The average molecular weight is 209 g/mol. The van der Waals surface area contributed by atoms with Gasteiger partial charge in [0.15, 0.2) is 0 Å². The number of anilines is 1. The number of aryl methyl sites for hydroxylation is 1. The van der Waals surface area contributed by atoms with Crippen molar-refractivity contribution in [1.82, 2.24) is 4.98 Å². The quantitative estimate of drug-likeness (QED) is 0.734. The number of nitrogens with zero attached hydrogens (tertiary/aromatic N) is 2. The van der Waals surface area contributed by atoms with Crippen molar-refractivity contribution in [3.8, 4) is 17.3 Å². The predicted octanol–water partition coefficient (Wildman–Crippen LogP) is 2.51. The van der Waals surface area contributed by atoms with Crippen LogP contribution in [0.4, 0.5) is 5.69 Å². The Morgan fingerprint density at radius 1 is 1.31 bits per heavy atom. The maximum Gasteiger partial charge on any atom is 0.0991 e. The van der Waals surface area contributed by atoms with Crippen LogP contribution >= 0.6 is 0 Å². The first kappa shape index (κ1) is 10.2. The van der Waals surface area contributed by atoms with Crippen molar-refractivity contribution in [3.63, 3.8) is 0 Å². The summed E-state index contributed by atoms with van der Waals surface area (Å²) in [5, 5.41) is 8.86. The molecule has 0 saturated heterocycles. The molecule has 0 spiro atoms. The molecule has 0 amide bonds. The highest BCUT2D eigenvalue weighted by Crippen LogP contribution is 2.27. The average Bonchev–Trinajstić information content (AvgIpc) is 2.31. The summed E-state index contributed by atoms with van der Waals surface area (Å²) < 4.78 is 0. The van der Waals surface area contributed by atoms with E-state index in [0.29, 0.717) is 11.3 Å². The van der Waals surface area contributed by atoms with E-state index in [4.69, 9.17) is 11.0 Å². The van der Waals surface area contributed by atoms with Gasteiger partial charge in [-0.1, -0.05) is 6.07 Å². The van der Waals surface area contributed by atoms with Crippen molar-refractivity contribution >= 4 is 5.69 Å². The number of aromatic nitrogens is 1. The van der Waals surface area contributed by atoms with E-state index in [9.17, 15) is 0 Å². The van der Waals surface area contributed by atoms with Crippen LogP contribution < -0.4 is 5.73 Å². The Balaban J connectivity index is 2.65. The number of hydrogen-bond acceptors (Lipinski definition) is 3. The Labute approximate surface area is 94.2 Å². The molecule has 0 bridgehead atoms. The highest BCUT2D eigenvalue weighted by atomic mass is 14.7. The SMILES string of the molecule is Cc1cccnc1-c1cc(C#N)ccc1N. The third kappa shape index (κ3) is 1.73. The van der Waals surface area contributed by atoms with E-state index in [0.717, 1.165) is 16.8 Å². The minimum Gasteiger partial charge on any atom is -0.398 e. The van der Waals surface area contributed by atoms with Crippen molar-refractivity contribution in [1.29, 1.82) is 5.26 Å². The Hall–Kier alpha value is -2.34. The van der Waals surface area contributed by atoms with Crippen LogP contribution in [0.5, 0.6) is 0 Å². The molecule has 78 valence electrons. The zero-order valence-corrected chi connectivity index (χ0v) is 8.94. The Morgan fingerprint density at radius 3 is 2.81 bits per heavy atom. The van der Waals surface area contributed by atoms with E-state index in [1.165, 1.54) is 0 Å². The smallest absolute Gasteiger partial charge is 0.0991 e. The largest absolute Gasteiger partial charge is 0.398 e. The van der Waals surface area contributed by atoms with E-state index in [1.807, 2.05) is 19.1 Å². The highest BCUT2D eigenvalue weighted by Gasteiger charge is 2.07. The van der Waals surface area contributed by atoms with Gasteiger partial charge < -0.3 is 5.73 Å². The third-order valence-corrected chi connectivity index (χ3v) is 2.45. The van der Waals surface area contributed by atoms with E-state index >= 15 is 0 Å². The van der Waals surface area contributed by atoms with E-state index in [-0.39, 0.29) is 0 Å². The summed E-state index contributed by atoms with van der Waals surface area (Å²) in [5.74, 6) is 0. The van der Waals surface area contributed by atoms with Gasteiger partial charge in [-0.2, -0.15) is 5.26 Å². The van der Waals surface area contributed by atoms with Crippen molar-refractivity contribution in [2.24, 2.45) is 0 Å².